The predicted octanol–water partition coefficient (Wildman–Crippen LogP) is 6.02. The van der Waals surface area contributed by atoms with Crippen LogP contribution in [-0.4, -0.2) is 27.9 Å². The number of benzene rings is 4. The molecule has 10 heteroatoms. The molecular weight excluding hydrogens is 531 g/mol. The summed E-state index contributed by atoms with van der Waals surface area (Å²) in [4.78, 5) is 10.6. The van der Waals surface area contributed by atoms with Gasteiger partial charge >= 0.3 is 5.97 Å². The molecule has 0 unspecified atom stereocenters. The van der Waals surface area contributed by atoms with E-state index in [4.69, 9.17) is 23.2 Å². The zero-order chi connectivity index (χ0) is 25.4. The van der Waals surface area contributed by atoms with Crippen molar-refractivity contribution in [2.24, 2.45) is 0 Å². The monoisotopic (exact) mass is 546 g/mol. The fraction of sp³-hybridized carbons (Fsp3) is 0. The van der Waals surface area contributed by atoms with Gasteiger partial charge in [0.05, 0.1) is 25.1 Å². The standard InChI is InChI=1S/C25H16Cl2O6S2/c26-18-5-9-20(10-6-18)34(30,31)22-13-14-23(16-1-3-17(4-2-16)25(28)29)24(15-22)35(32,33)21-11-7-19(27)8-12-21/h1-15H,(H,28,29). The van der Waals surface area contributed by atoms with Crippen molar-refractivity contribution in [1.29, 1.82) is 0 Å². The van der Waals surface area contributed by atoms with Crippen molar-refractivity contribution in [3.8, 4) is 11.1 Å². The minimum atomic E-state index is -4.19. The van der Waals surface area contributed by atoms with Crippen molar-refractivity contribution in [2.75, 3.05) is 0 Å². The van der Waals surface area contributed by atoms with Crippen LogP contribution in [0.2, 0.25) is 10.0 Å². The topological polar surface area (TPSA) is 106 Å². The number of carboxylic acids is 1. The van der Waals surface area contributed by atoms with E-state index in [2.05, 4.69) is 0 Å². The first-order valence-corrected chi connectivity index (χ1v) is 13.7. The van der Waals surface area contributed by atoms with Crippen LogP contribution >= 0.6 is 23.2 Å². The number of carboxylic acid groups (broad SMARTS) is 1. The number of hydrogen-bond donors (Lipinski definition) is 1. The maximum absolute atomic E-state index is 13.6. The quantitative estimate of drug-likeness (QED) is 0.316. The molecule has 4 aromatic rings. The Kier molecular flexibility index (Phi) is 6.75. The summed E-state index contributed by atoms with van der Waals surface area (Å²) in [6, 6.07) is 20.5. The van der Waals surface area contributed by atoms with Crippen LogP contribution in [0.25, 0.3) is 11.1 Å². The molecule has 0 saturated carbocycles. The summed E-state index contributed by atoms with van der Waals surface area (Å²) in [5, 5.41) is 9.87. The van der Waals surface area contributed by atoms with Crippen molar-refractivity contribution in [2.45, 2.75) is 19.6 Å². The molecule has 1 N–H and O–H groups in total. The molecule has 6 nitrogen and oxygen atoms in total. The summed E-state index contributed by atoms with van der Waals surface area (Å²) in [5.74, 6) is -1.13. The van der Waals surface area contributed by atoms with E-state index in [1.165, 1.54) is 84.9 Å². The third kappa shape index (κ3) is 4.97. The third-order valence-electron chi connectivity index (χ3n) is 5.24. The predicted molar refractivity (Wildman–Crippen MR) is 133 cm³/mol. The van der Waals surface area contributed by atoms with Crippen molar-refractivity contribution in [1.82, 2.24) is 0 Å². The van der Waals surface area contributed by atoms with Gasteiger partial charge in [-0.15, -0.1) is 0 Å². The second-order valence-electron chi connectivity index (χ2n) is 7.46. The first-order chi connectivity index (χ1) is 16.5. The van der Waals surface area contributed by atoms with E-state index in [-0.39, 0.29) is 30.7 Å². The lowest BCUT2D eigenvalue weighted by Crippen LogP contribution is -2.08. The molecule has 0 aliphatic rings. The van der Waals surface area contributed by atoms with Crippen LogP contribution < -0.4 is 0 Å². The lowest BCUT2D eigenvalue weighted by atomic mass is 10.0. The molecule has 0 atom stereocenters. The molecule has 0 heterocycles. The average Bonchev–Trinajstić information content (AvgIpc) is 2.84. The molecule has 35 heavy (non-hydrogen) atoms. The largest absolute Gasteiger partial charge is 0.478 e. The van der Waals surface area contributed by atoms with Gasteiger partial charge in [-0.3, -0.25) is 0 Å². The third-order valence-corrected chi connectivity index (χ3v) is 9.32. The van der Waals surface area contributed by atoms with Crippen LogP contribution in [0, 0.1) is 0 Å². The summed E-state index contributed by atoms with van der Waals surface area (Å²) >= 11 is 11.8. The van der Waals surface area contributed by atoms with Gasteiger partial charge < -0.3 is 5.11 Å². The van der Waals surface area contributed by atoms with Gasteiger partial charge in [0, 0.05) is 15.6 Å². The first-order valence-electron chi connectivity index (χ1n) is 9.99. The molecule has 0 amide bonds. The van der Waals surface area contributed by atoms with E-state index in [0.717, 1.165) is 6.07 Å². The van der Waals surface area contributed by atoms with Crippen LogP contribution in [0.1, 0.15) is 10.4 Å². The zero-order valence-electron chi connectivity index (χ0n) is 17.7. The molecule has 0 spiro atoms. The van der Waals surface area contributed by atoms with Gasteiger partial charge in [-0.2, -0.15) is 0 Å². The highest BCUT2D eigenvalue weighted by Gasteiger charge is 2.26. The van der Waals surface area contributed by atoms with Gasteiger partial charge in [-0.05, 0) is 78.4 Å². The molecule has 4 rings (SSSR count). The Labute approximate surface area is 212 Å². The van der Waals surface area contributed by atoms with Gasteiger partial charge in [-0.1, -0.05) is 41.4 Å². The first kappa shape index (κ1) is 24.9. The Morgan fingerprint density at radius 2 is 1.06 bits per heavy atom. The lowest BCUT2D eigenvalue weighted by molar-refractivity contribution is 0.0697. The Balaban J connectivity index is 1.94. The molecule has 0 aliphatic carbocycles. The van der Waals surface area contributed by atoms with Gasteiger partial charge in [-0.25, -0.2) is 21.6 Å². The van der Waals surface area contributed by atoms with Crippen LogP contribution in [0.15, 0.2) is 111 Å². The molecule has 0 saturated heterocycles. The highest BCUT2D eigenvalue weighted by molar-refractivity contribution is 7.92. The van der Waals surface area contributed by atoms with Crippen molar-refractivity contribution < 1.29 is 26.7 Å². The lowest BCUT2D eigenvalue weighted by Gasteiger charge is -2.14. The van der Waals surface area contributed by atoms with E-state index < -0.39 is 25.6 Å². The summed E-state index contributed by atoms with van der Waals surface area (Å²) < 4.78 is 53.8. The van der Waals surface area contributed by atoms with E-state index >= 15 is 0 Å². The summed E-state index contributed by atoms with van der Waals surface area (Å²) in [6.45, 7) is 0. The molecule has 0 fully saturated rings. The van der Waals surface area contributed by atoms with E-state index in [1.54, 1.807) is 0 Å². The van der Waals surface area contributed by atoms with Gasteiger partial charge in [0.2, 0.25) is 19.7 Å². The molecule has 4 aromatic carbocycles. The maximum Gasteiger partial charge on any atom is 0.335 e. The maximum atomic E-state index is 13.6. The fourth-order valence-corrected chi connectivity index (χ4v) is 6.53. The summed E-state index contributed by atoms with van der Waals surface area (Å²) in [6.07, 6.45) is 0. The molecule has 0 bridgehead atoms. The number of rotatable bonds is 6. The van der Waals surface area contributed by atoms with Gasteiger partial charge in [0.15, 0.2) is 0 Å². The summed E-state index contributed by atoms with van der Waals surface area (Å²) in [5.41, 5.74) is 0.641. The minimum absolute atomic E-state index is 0.0257. The van der Waals surface area contributed by atoms with Gasteiger partial charge in [0.1, 0.15) is 0 Å². The second kappa shape index (κ2) is 9.47. The van der Waals surface area contributed by atoms with Crippen LogP contribution in [0.5, 0.6) is 0 Å². The smallest absolute Gasteiger partial charge is 0.335 e. The Hall–Kier alpha value is -3.17. The van der Waals surface area contributed by atoms with Crippen molar-refractivity contribution >= 4 is 48.8 Å². The molecule has 0 radical (unpaired) electrons. The second-order valence-corrected chi connectivity index (χ2v) is 12.2. The number of aromatic carboxylic acids is 1. The normalized spacial score (nSPS) is 11.8. The Bertz CT molecular complexity index is 1630. The average molecular weight is 547 g/mol. The van der Waals surface area contributed by atoms with E-state index in [9.17, 15) is 26.7 Å². The fourth-order valence-electron chi connectivity index (χ4n) is 3.41. The molecule has 0 aliphatic heterocycles. The van der Waals surface area contributed by atoms with E-state index in [1.807, 2.05) is 0 Å². The van der Waals surface area contributed by atoms with Crippen LogP contribution in [0.3, 0.4) is 0 Å². The zero-order valence-corrected chi connectivity index (χ0v) is 20.9. The Morgan fingerprint density at radius 3 is 1.54 bits per heavy atom. The van der Waals surface area contributed by atoms with E-state index in [0.29, 0.717) is 15.6 Å². The van der Waals surface area contributed by atoms with Crippen LogP contribution in [0.4, 0.5) is 0 Å². The number of sulfone groups is 2. The number of halogens is 2. The molecule has 178 valence electrons. The number of carbonyl (C=O) groups is 1. The highest BCUT2D eigenvalue weighted by Crippen LogP contribution is 2.35. The minimum Gasteiger partial charge on any atom is -0.478 e. The van der Waals surface area contributed by atoms with Crippen molar-refractivity contribution in [3.05, 3.63) is 107 Å². The van der Waals surface area contributed by atoms with Gasteiger partial charge in [0.25, 0.3) is 0 Å². The van der Waals surface area contributed by atoms with Crippen molar-refractivity contribution in [3.63, 3.8) is 0 Å². The number of hydrogen-bond acceptors (Lipinski definition) is 5. The highest BCUT2D eigenvalue weighted by atomic mass is 35.5. The summed E-state index contributed by atoms with van der Waals surface area (Å²) in [7, 11) is -8.26. The SMILES string of the molecule is O=C(O)c1ccc(-c2ccc(S(=O)(=O)c3ccc(Cl)cc3)cc2S(=O)(=O)c2ccc(Cl)cc2)cc1. The molecule has 0 aromatic heterocycles. The van der Waals surface area contributed by atoms with Crippen LogP contribution in [-0.2, 0) is 19.7 Å². The Morgan fingerprint density at radius 1 is 0.600 bits per heavy atom. The molecular formula is C25H16Cl2O6S2.